The molecule has 198 valence electrons. The minimum absolute atomic E-state index is 0.0000991. The number of benzene rings is 3. The summed E-state index contributed by atoms with van der Waals surface area (Å²) in [6, 6.07) is 18.1. The summed E-state index contributed by atoms with van der Waals surface area (Å²) in [6.07, 6.45) is 2.29. The van der Waals surface area contributed by atoms with Crippen molar-refractivity contribution in [2.75, 3.05) is 11.9 Å². The van der Waals surface area contributed by atoms with Gasteiger partial charge in [0.1, 0.15) is 22.2 Å². The van der Waals surface area contributed by atoms with Gasteiger partial charge in [0.2, 0.25) is 10.0 Å². The maximum atomic E-state index is 14.2. The Morgan fingerprint density at radius 2 is 1.82 bits per heavy atom. The van der Waals surface area contributed by atoms with Gasteiger partial charge in [-0.2, -0.15) is 4.31 Å². The number of aliphatic hydroxyl groups is 1. The average Bonchev–Trinajstić information content (AvgIpc) is 3.35. The van der Waals surface area contributed by atoms with Gasteiger partial charge in [-0.25, -0.2) is 17.5 Å². The summed E-state index contributed by atoms with van der Waals surface area (Å²) in [7, 11) is -4.09. The molecule has 0 spiro atoms. The molecule has 11 heteroatoms. The van der Waals surface area contributed by atoms with Crippen LogP contribution < -0.4 is 10.1 Å². The van der Waals surface area contributed by atoms with Gasteiger partial charge in [-0.1, -0.05) is 48.5 Å². The number of anilines is 1. The number of hydrogen-bond donors (Lipinski definition) is 2. The van der Waals surface area contributed by atoms with E-state index in [0.29, 0.717) is 35.7 Å². The average molecular weight is 538 g/mol. The highest BCUT2D eigenvalue weighted by Gasteiger charge is 2.35. The van der Waals surface area contributed by atoms with E-state index in [9.17, 15) is 17.9 Å². The van der Waals surface area contributed by atoms with Crippen molar-refractivity contribution in [2.24, 2.45) is 0 Å². The van der Waals surface area contributed by atoms with Gasteiger partial charge in [0.25, 0.3) is 0 Å². The van der Waals surface area contributed by atoms with Crippen LogP contribution in [0.4, 0.5) is 10.1 Å². The highest BCUT2D eigenvalue weighted by atomic mass is 32.2. The summed E-state index contributed by atoms with van der Waals surface area (Å²) in [5.41, 5.74) is 2.36. The molecular weight excluding hydrogens is 509 g/mol. The first kappa shape index (κ1) is 25.8. The molecule has 1 aliphatic rings. The summed E-state index contributed by atoms with van der Waals surface area (Å²) in [5.74, 6) is 0.429. The first-order valence-electron chi connectivity index (χ1n) is 12.3. The largest absolute Gasteiger partial charge is 0.456 e. The first-order valence-corrected chi connectivity index (χ1v) is 13.7. The molecule has 38 heavy (non-hydrogen) atoms. The topological polar surface area (TPSA) is 110 Å². The number of ether oxygens (including phenoxy) is 1. The fraction of sp³-hybridized carbons (Fsp3) is 0.259. The zero-order valence-electron chi connectivity index (χ0n) is 20.8. The van der Waals surface area contributed by atoms with Crippen LogP contribution in [0.3, 0.4) is 0 Å². The second-order valence-electron chi connectivity index (χ2n) is 9.08. The van der Waals surface area contributed by atoms with Crippen LogP contribution in [0.5, 0.6) is 11.5 Å². The monoisotopic (exact) mass is 537 g/mol. The highest BCUT2D eigenvalue weighted by Crippen LogP contribution is 2.41. The number of hydrogen-bond acceptors (Lipinski definition) is 7. The van der Waals surface area contributed by atoms with E-state index < -0.39 is 10.0 Å². The van der Waals surface area contributed by atoms with E-state index >= 15 is 0 Å². The molecule has 1 unspecified atom stereocenters. The van der Waals surface area contributed by atoms with Crippen molar-refractivity contribution in [3.8, 4) is 11.5 Å². The van der Waals surface area contributed by atoms with Gasteiger partial charge >= 0.3 is 0 Å². The predicted octanol–water partition coefficient (Wildman–Crippen LogP) is 4.15. The molecule has 2 heterocycles. The number of nitrogens with one attached hydrogen (secondary N) is 1. The van der Waals surface area contributed by atoms with Gasteiger partial charge in [0, 0.05) is 18.2 Å². The van der Waals surface area contributed by atoms with Crippen LogP contribution in [0.2, 0.25) is 0 Å². The molecule has 0 saturated carbocycles. The van der Waals surface area contributed by atoms with E-state index in [-0.39, 0.29) is 42.2 Å². The lowest BCUT2D eigenvalue weighted by molar-refractivity contribution is 0.271. The quantitative estimate of drug-likeness (QED) is 0.348. The van der Waals surface area contributed by atoms with E-state index in [4.69, 9.17) is 4.74 Å². The first-order chi connectivity index (χ1) is 18.4. The maximum Gasteiger partial charge on any atom is 0.249 e. The molecule has 0 bridgehead atoms. The van der Waals surface area contributed by atoms with Gasteiger partial charge in [0.15, 0.2) is 0 Å². The van der Waals surface area contributed by atoms with E-state index in [1.165, 1.54) is 16.4 Å². The molecular formula is C27H28FN5O4S. The minimum Gasteiger partial charge on any atom is -0.456 e. The Labute approximate surface area is 220 Å². The van der Waals surface area contributed by atoms with Gasteiger partial charge in [-0.3, -0.25) is 0 Å². The second-order valence-corrected chi connectivity index (χ2v) is 11.0. The molecule has 9 nitrogen and oxygen atoms in total. The lowest BCUT2D eigenvalue weighted by Crippen LogP contribution is -2.33. The van der Waals surface area contributed by atoms with E-state index in [0.717, 1.165) is 5.56 Å². The molecule has 1 aromatic heterocycles. The fourth-order valence-corrected chi connectivity index (χ4v) is 5.95. The van der Waals surface area contributed by atoms with Crippen molar-refractivity contribution >= 4 is 15.7 Å². The molecule has 4 aromatic rings. The molecule has 0 fully saturated rings. The van der Waals surface area contributed by atoms with Crippen LogP contribution in [0.1, 0.15) is 30.2 Å². The van der Waals surface area contributed by atoms with Crippen molar-refractivity contribution < 1.29 is 22.7 Å². The van der Waals surface area contributed by atoms with Gasteiger partial charge in [-0.15, -0.1) is 5.10 Å². The summed E-state index contributed by atoms with van der Waals surface area (Å²) < 4.78 is 50.6. The number of aliphatic hydroxyl groups excluding tert-OH is 1. The molecule has 2 N–H and O–H groups in total. The summed E-state index contributed by atoms with van der Waals surface area (Å²) >= 11 is 0. The number of rotatable bonds is 8. The van der Waals surface area contributed by atoms with E-state index in [2.05, 4.69) is 15.6 Å². The number of sulfonamides is 1. The standard InChI is InChI=1S/C27H28FN5O4S/c1-2-22(18-34)29-24-7-5-9-26-27(24)38(35,36)33(15-20-6-3-4-8-25(20)37-26)17-23-16-32(31-30-23)14-19-10-12-21(28)13-11-19/h3-13,16,22,29,34H,2,14-15,17-18H2,1H3. The number of para-hydroxylation sites is 1. The SMILES string of the molecule is CCC(CO)Nc1cccc2c1S(=O)(=O)N(Cc1cn(Cc3ccc(F)cc3)nn1)Cc1ccccc1O2. The summed E-state index contributed by atoms with van der Waals surface area (Å²) in [5, 5.41) is 21.2. The lowest BCUT2D eigenvalue weighted by Gasteiger charge is -2.29. The van der Waals surface area contributed by atoms with E-state index in [1.807, 2.05) is 25.1 Å². The minimum atomic E-state index is -4.09. The zero-order chi connectivity index (χ0) is 26.7. The summed E-state index contributed by atoms with van der Waals surface area (Å²) in [4.78, 5) is 0.0000991. The van der Waals surface area contributed by atoms with Crippen molar-refractivity contribution in [3.05, 3.63) is 95.6 Å². The molecule has 1 atom stereocenters. The highest BCUT2D eigenvalue weighted by molar-refractivity contribution is 7.89. The number of aromatic nitrogens is 3. The number of halogens is 1. The van der Waals surface area contributed by atoms with Crippen molar-refractivity contribution in [1.29, 1.82) is 0 Å². The van der Waals surface area contributed by atoms with Crippen LogP contribution in [-0.2, 0) is 29.7 Å². The van der Waals surface area contributed by atoms with Crippen molar-refractivity contribution in [2.45, 2.75) is 43.9 Å². The molecule has 0 saturated heterocycles. The van der Waals surface area contributed by atoms with Crippen LogP contribution in [-0.4, -0.2) is 45.5 Å². The third-order valence-electron chi connectivity index (χ3n) is 6.37. The zero-order valence-corrected chi connectivity index (χ0v) is 21.6. The van der Waals surface area contributed by atoms with Crippen LogP contribution in [0.25, 0.3) is 0 Å². The Morgan fingerprint density at radius 1 is 1.05 bits per heavy atom. The number of nitrogens with zero attached hydrogens (tertiary/aromatic N) is 4. The molecule has 0 radical (unpaired) electrons. The lowest BCUT2D eigenvalue weighted by atomic mass is 10.2. The molecule has 1 aliphatic heterocycles. The Morgan fingerprint density at radius 3 is 2.58 bits per heavy atom. The Kier molecular flexibility index (Phi) is 7.41. The summed E-state index contributed by atoms with van der Waals surface area (Å²) in [6.45, 7) is 2.17. The van der Waals surface area contributed by atoms with Gasteiger partial charge < -0.3 is 15.2 Å². The van der Waals surface area contributed by atoms with Gasteiger partial charge in [0.05, 0.1) is 37.3 Å². The van der Waals surface area contributed by atoms with Crippen molar-refractivity contribution in [3.63, 3.8) is 0 Å². The normalized spacial score (nSPS) is 15.4. The smallest absolute Gasteiger partial charge is 0.249 e. The fourth-order valence-electron chi connectivity index (χ4n) is 4.32. The Bertz CT molecular complexity index is 1520. The maximum absolute atomic E-state index is 14.2. The van der Waals surface area contributed by atoms with Crippen molar-refractivity contribution in [1.82, 2.24) is 19.3 Å². The Hall–Kier alpha value is -3.80. The van der Waals surface area contributed by atoms with Gasteiger partial charge in [-0.05, 0) is 42.3 Å². The molecule has 0 amide bonds. The predicted molar refractivity (Wildman–Crippen MR) is 140 cm³/mol. The van der Waals surface area contributed by atoms with Crippen LogP contribution in [0.15, 0.2) is 77.8 Å². The van der Waals surface area contributed by atoms with Crippen LogP contribution in [0, 0.1) is 5.82 Å². The van der Waals surface area contributed by atoms with E-state index in [1.54, 1.807) is 47.3 Å². The molecule has 3 aromatic carbocycles. The third kappa shape index (κ3) is 5.40. The van der Waals surface area contributed by atoms with Crippen LogP contribution >= 0.6 is 0 Å². The second kappa shape index (κ2) is 10.9. The molecule has 5 rings (SSSR count). The molecule has 0 aliphatic carbocycles. The Balaban J connectivity index is 1.51. The third-order valence-corrected chi connectivity index (χ3v) is 8.25. The number of fused-ring (bicyclic) bond motifs is 2.